The molecule has 3 rings (SSSR count). The first-order valence-corrected chi connectivity index (χ1v) is 9.44. The summed E-state index contributed by atoms with van der Waals surface area (Å²) < 4.78 is 5.91. The van der Waals surface area contributed by atoms with Crippen molar-refractivity contribution in [3.63, 3.8) is 0 Å². The van der Waals surface area contributed by atoms with Gasteiger partial charge < -0.3 is 15.4 Å². The van der Waals surface area contributed by atoms with Gasteiger partial charge >= 0.3 is 0 Å². The van der Waals surface area contributed by atoms with E-state index in [-0.39, 0.29) is 5.91 Å². The highest BCUT2D eigenvalue weighted by Gasteiger charge is 2.14. The van der Waals surface area contributed by atoms with E-state index in [1.165, 1.54) is 24.0 Å². The standard InChI is InChI=1S/C22H28N2O2/c1-17-6-2-3-9-20(17)16-26-21-10-4-7-18(12-21)13-22(25)24-15-19-8-5-11-23-14-19/h2-4,6-7,9-10,12,19,23H,5,8,11,13-16H2,1H3,(H,24,25). The van der Waals surface area contributed by atoms with E-state index in [2.05, 4.69) is 29.7 Å². The van der Waals surface area contributed by atoms with E-state index in [9.17, 15) is 4.79 Å². The molecule has 0 radical (unpaired) electrons. The van der Waals surface area contributed by atoms with Crippen LogP contribution in [0.2, 0.25) is 0 Å². The number of piperidine rings is 1. The van der Waals surface area contributed by atoms with Crippen LogP contribution in [0.1, 0.15) is 29.5 Å². The van der Waals surface area contributed by atoms with Crippen LogP contribution >= 0.6 is 0 Å². The minimum Gasteiger partial charge on any atom is -0.489 e. The maximum atomic E-state index is 12.2. The van der Waals surface area contributed by atoms with Crippen LogP contribution in [0.3, 0.4) is 0 Å². The molecule has 0 aliphatic carbocycles. The first kappa shape index (κ1) is 18.5. The number of rotatable bonds is 7. The molecule has 4 heteroatoms. The van der Waals surface area contributed by atoms with Crippen LogP contribution in [0.15, 0.2) is 48.5 Å². The summed E-state index contributed by atoms with van der Waals surface area (Å²) in [5.41, 5.74) is 3.38. The van der Waals surface area contributed by atoms with Gasteiger partial charge in [-0.3, -0.25) is 4.79 Å². The fraction of sp³-hybridized carbons (Fsp3) is 0.409. The van der Waals surface area contributed by atoms with Gasteiger partial charge in [-0.15, -0.1) is 0 Å². The highest BCUT2D eigenvalue weighted by atomic mass is 16.5. The molecule has 2 aromatic rings. The zero-order valence-electron chi connectivity index (χ0n) is 15.5. The number of benzene rings is 2. The zero-order chi connectivity index (χ0) is 18.2. The topological polar surface area (TPSA) is 50.4 Å². The molecule has 1 amide bonds. The first-order valence-electron chi connectivity index (χ1n) is 9.44. The number of amides is 1. The number of nitrogens with one attached hydrogen (secondary N) is 2. The summed E-state index contributed by atoms with van der Waals surface area (Å²) in [6, 6.07) is 16.0. The van der Waals surface area contributed by atoms with Gasteiger partial charge in [-0.05, 0) is 67.6 Å². The van der Waals surface area contributed by atoms with Crippen LogP contribution < -0.4 is 15.4 Å². The quantitative estimate of drug-likeness (QED) is 0.804. The van der Waals surface area contributed by atoms with Gasteiger partial charge in [0, 0.05) is 6.54 Å². The molecular formula is C22H28N2O2. The lowest BCUT2D eigenvalue weighted by Gasteiger charge is -2.22. The van der Waals surface area contributed by atoms with E-state index in [1.807, 2.05) is 36.4 Å². The number of aryl methyl sites for hydroxylation is 1. The van der Waals surface area contributed by atoms with E-state index in [0.717, 1.165) is 30.9 Å². The van der Waals surface area contributed by atoms with Crippen molar-refractivity contribution in [1.82, 2.24) is 10.6 Å². The summed E-state index contributed by atoms with van der Waals surface area (Å²) in [5.74, 6) is 1.43. The maximum Gasteiger partial charge on any atom is 0.224 e. The Kier molecular flexibility index (Phi) is 6.67. The Hall–Kier alpha value is -2.33. The molecule has 1 aliphatic heterocycles. The largest absolute Gasteiger partial charge is 0.489 e. The highest BCUT2D eigenvalue weighted by molar-refractivity contribution is 5.78. The number of ether oxygens (including phenoxy) is 1. The van der Waals surface area contributed by atoms with Crippen LogP contribution in [0.4, 0.5) is 0 Å². The predicted molar refractivity (Wildman–Crippen MR) is 104 cm³/mol. The molecule has 0 spiro atoms. The Balaban J connectivity index is 1.48. The predicted octanol–water partition coefficient (Wildman–Crippen LogP) is 3.23. The minimum absolute atomic E-state index is 0.0756. The van der Waals surface area contributed by atoms with Gasteiger partial charge in [0.1, 0.15) is 12.4 Å². The van der Waals surface area contributed by atoms with E-state index in [4.69, 9.17) is 4.74 Å². The molecule has 1 saturated heterocycles. The number of hydrogen-bond acceptors (Lipinski definition) is 3. The lowest BCUT2D eigenvalue weighted by Crippen LogP contribution is -2.38. The maximum absolute atomic E-state index is 12.2. The monoisotopic (exact) mass is 352 g/mol. The van der Waals surface area contributed by atoms with Crippen LogP contribution in [-0.4, -0.2) is 25.5 Å². The molecule has 138 valence electrons. The van der Waals surface area contributed by atoms with Gasteiger partial charge in [0.2, 0.25) is 5.91 Å². The average molecular weight is 352 g/mol. The smallest absolute Gasteiger partial charge is 0.224 e. The molecule has 1 fully saturated rings. The Bertz CT molecular complexity index is 724. The fourth-order valence-corrected chi connectivity index (χ4v) is 3.28. The van der Waals surface area contributed by atoms with Gasteiger partial charge in [-0.1, -0.05) is 36.4 Å². The molecular weight excluding hydrogens is 324 g/mol. The molecule has 4 nitrogen and oxygen atoms in total. The van der Waals surface area contributed by atoms with Crippen molar-refractivity contribution in [1.29, 1.82) is 0 Å². The summed E-state index contributed by atoms with van der Waals surface area (Å²) in [6.07, 6.45) is 2.78. The van der Waals surface area contributed by atoms with Crippen molar-refractivity contribution in [2.24, 2.45) is 5.92 Å². The van der Waals surface area contributed by atoms with Crippen LogP contribution in [-0.2, 0) is 17.8 Å². The summed E-state index contributed by atoms with van der Waals surface area (Å²) in [7, 11) is 0. The summed E-state index contributed by atoms with van der Waals surface area (Å²) in [4.78, 5) is 12.2. The third kappa shape index (κ3) is 5.60. The second-order valence-corrected chi connectivity index (χ2v) is 7.06. The van der Waals surface area contributed by atoms with Gasteiger partial charge in [0.15, 0.2) is 0 Å². The van der Waals surface area contributed by atoms with Crippen molar-refractivity contribution in [2.75, 3.05) is 19.6 Å². The molecule has 1 atom stereocenters. The van der Waals surface area contributed by atoms with Crippen molar-refractivity contribution in [3.8, 4) is 5.75 Å². The van der Waals surface area contributed by atoms with Crippen molar-refractivity contribution < 1.29 is 9.53 Å². The van der Waals surface area contributed by atoms with Crippen LogP contribution in [0.5, 0.6) is 5.75 Å². The van der Waals surface area contributed by atoms with E-state index in [1.54, 1.807) is 0 Å². The van der Waals surface area contributed by atoms with E-state index >= 15 is 0 Å². The Labute approximate surface area is 156 Å². The summed E-state index contributed by atoms with van der Waals surface area (Å²) >= 11 is 0. The normalized spacial score (nSPS) is 16.9. The van der Waals surface area contributed by atoms with Crippen molar-refractivity contribution in [2.45, 2.75) is 32.8 Å². The average Bonchev–Trinajstić information content (AvgIpc) is 2.67. The number of carbonyl (C=O) groups is 1. The molecule has 1 unspecified atom stereocenters. The molecule has 0 aromatic heterocycles. The lowest BCUT2D eigenvalue weighted by molar-refractivity contribution is -0.120. The number of hydrogen-bond donors (Lipinski definition) is 2. The van der Waals surface area contributed by atoms with E-state index < -0.39 is 0 Å². The molecule has 2 aromatic carbocycles. The lowest BCUT2D eigenvalue weighted by atomic mass is 9.99. The van der Waals surface area contributed by atoms with Gasteiger partial charge in [0.05, 0.1) is 6.42 Å². The Morgan fingerprint density at radius 2 is 2.12 bits per heavy atom. The molecule has 26 heavy (non-hydrogen) atoms. The first-order chi connectivity index (χ1) is 12.7. The Morgan fingerprint density at radius 3 is 2.92 bits per heavy atom. The minimum atomic E-state index is 0.0756. The second-order valence-electron chi connectivity index (χ2n) is 7.06. The van der Waals surface area contributed by atoms with Crippen LogP contribution in [0.25, 0.3) is 0 Å². The number of carbonyl (C=O) groups excluding carboxylic acids is 1. The summed E-state index contributed by atoms with van der Waals surface area (Å²) in [6.45, 7) is 5.48. The van der Waals surface area contributed by atoms with Gasteiger partial charge in [-0.2, -0.15) is 0 Å². The summed E-state index contributed by atoms with van der Waals surface area (Å²) in [5, 5.41) is 6.45. The van der Waals surface area contributed by atoms with Gasteiger partial charge in [0.25, 0.3) is 0 Å². The van der Waals surface area contributed by atoms with Gasteiger partial charge in [-0.25, -0.2) is 0 Å². The second kappa shape index (κ2) is 9.39. The molecule has 0 bridgehead atoms. The van der Waals surface area contributed by atoms with Crippen molar-refractivity contribution >= 4 is 5.91 Å². The van der Waals surface area contributed by atoms with E-state index in [0.29, 0.717) is 18.9 Å². The molecule has 0 saturated carbocycles. The van der Waals surface area contributed by atoms with Crippen LogP contribution in [0, 0.1) is 12.8 Å². The Morgan fingerprint density at radius 1 is 1.23 bits per heavy atom. The molecule has 1 aliphatic rings. The fourth-order valence-electron chi connectivity index (χ4n) is 3.28. The molecule has 2 N–H and O–H groups in total. The third-order valence-corrected chi connectivity index (χ3v) is 4.91. The van der Waals surface area contributed by atoms with Crippen molar-refractivity contribution in [3.05, 3.63) is 65.2 Å². The third-order valence-electron chi connectivity index (χ3n) is 4.91. The molecule has 1 heterocycles. The SMILES string of the molecule is Cc1ccccc1COc1cccc(CC(=O)NCC2CCCNC2)c1. The zero-order valence-corrected chi connectivity index (χ0v) is 15.5. The highest BCUT2D eigenvalue weighted by Crippen LogP contribution is 2.17.